The molecule has 5 aliphatic heterocycles. The van der Waals surface area contributed by atoms with Crippen LogP contribution in [-0.2, 0) is 49.6 Å². The Morgan fingerprint density at radius 1 is 0.642 bits per heavy atom. The molecule has 8 N–H and O–H groups in total. The van der Waals surface area contributed by atoms with Crippen LogP contribution in [0.5, 0.6) is 5.75 Å². The van der Waals surface area contributed by atoms with Gasteiger partial charge in [0.25, 0.3) is 29.5 Å². The van der Waals surface area contributed by atoms with Crippen molar-refractivity contribution in [1.29, 1.82) is 0 Å². The number of carbonyl (C=O) groups excluding carboxylic acids is 9. The first-order valence-corrected chi connectivity index (χ1v) is 41.7. The van der Waals surface area contributed by atoms with E-state index in [4.69, 9.17) is 14.9 Å². The van der Waals surface area contributed by atoms with Crippen molar-refractivity contribution < 1.29 is 75.7 Å². The Kier molecular flexibility index (Phi) is 21.3. The number of likely N-dealkylation sites (tertiary alicyclic amines) is 1. The number of nitrogens with one attached hydrogen (secondary N) is 6. The molecule has 4 atom stereocenters. The number of hydrogen-bond acceptors (Lipinski definition) is 20. The average molecular weight is 1650 g/mol. The van der Waals surface area contributed by atoms with Crippen LogP contribution < -0.4 is 36.6 Å². The third-order valence-electron chi connectivity index (χ3n) is 26.9. The van der Waals surface area contributed by atoms with Crippen LogP contribution in [0.4, 0.5) is 40.3 Å². The molecule has 3 saturated heterocycles. The fourth-order valence-electron chi connectivity index (χ4n) is 20.4. The van der Waals surface area contributed by atoms with Gasteiger partial charge in [-0.1, -0.05) is 18.2 Å². The quantitative estimate of drug-likeness (QED) is 0.0218. The zero-order valence-electron chi connectivity index (χ0n) is 67.6. The Morgan fingerprint density at radius 3 is 1.93 bits per heavy atom. The van der Waals surface area contributed by atoms with Crippen LogP contribution in [0.2, 0.25) is 0 Å². The number of fused-ring (bicyclic) bond motifs is 4. The first kappa shape index (κ1) is 81.3. The molecule has 9 amide bonds. The first-order valence-electron chi connectivity index (χ1n) is 41.7. The van der Waals surface area contributed by atoms with E-state index in [2.05, 4.69) is 58.7 Å². The zero-order valence-corrected chi connectivity index (χ0v) is 67.6. The number of aliphatic hydroxyl groups is 2. The summed E-state index contributed by atoms with van der Waals surface area (Å²) in [5.41, 5.74) is -1.42. The lowest BCUT2D eigenvalue weighted by atomic mass is 9.57. The number of imide groups is 3. The Balaban J connectivity index is 0.514. The fourth-order valence-corrected chi connectivity index (χ4v) is 20.4. The molecule has 9 heterocycles. The molecule has 9 aliphatic rings. The maximum atomic E-state index is 16.3. The normalized spacial score (nSPS) is 24.5. The molecule has 8 aromatic rings. The molecule has 4 unspecified atom stereocenters. The smallest absolute Gasteiger partial charge is 0.433 e. The second-order valence-electron chi connectivity index (χ2n) is 35.6. The monoisotopic (exact) mass is 1650 g/mol. The van der Waals surface area contributed by atoms with E-state index in [0.29, 0.717) is 75.3 Å². The number of alkyl halides is 4. The summed E-state index contributed by atoms with van der Waals surface area (Å²) in [7, 11) is 3.59. The number of hydrogen-bond donors (Lipinski definition) is 8. The number of aliphatic hydroxyl groups excluding tert-OH is 1. The van der Waals surface area contributed by atoms with Gasteiger partial charge in [-0.3, -0.25) is 72.9 Å². The van der Waals surface area contributed by atoms with E-state index in [1.807, 2.05) is 23.0 Å². The second kappa shape index (κ2) is 31.5. The van der Waals surface area contributed by atoms with Crippen molar-refractivity contribution in [2.45, 2.75) is 216 Å². The maximum absolute atomic E-state index is 16.3. The Morgan fingerprint density at radius 2 is 1.25 bits per heavy atom. The highest BCUT2D eigenvalue weighted by atomic mass is 19.4. The van der Waals surface area contributed by atoms with E-state index in [0.717, 1.165) is 145 Å². The lowest BCUT2D eigenvalue weighted by Gasteiger charge is -2.53. The number of piperidine rings is 3. The van der Waals surface area contributed by atoms with Crippen LogP contribution in [-0.4, -0.2) is 183 Å². The number of carbonyl (C=O) groups is 9. The summed E-state index contributed by atoms with van der Waals surface area (Å²) >= 11 is 0. The van der Waals surface area contributed by atoms with Gasteiger partial charge in [0.05, 0.1) is 52.3 Å². The summed E-state index contributed by atoms with van der Waals surface area (Å²) in [4.78, 5) is 134. The highest BCUT2D eigenvalue weighted by Gasteiger charge is 2.52. The standard InChI is InChI=1S/C88H98F4N16O12/c1-84(2,89)71-35-49(34-66(96-71)77(112)98-65-37-51-47-106(102-63(51)39-69(65)120-5)55-18-16-48(17-19-55)45-104-32-28-87(29-33-104)43-53(44-87)94-60-13-7-11-57-75(60)83(118)108(81(57)116)68-21-23-73(110)100-79(68)114)40-85(3,119)58-38-62-50(36-64(58)97-76(111)61-14-8-15-70(95-61)88(90,91)92)46-105(101-62)31-9-30-103(4)54-24-26-86(27-25-54)41-52(42-86)93-59-12-6-10-56-74(59)82(117)107(80(56)115)67-20-22-72(109)99-78(67)113/h6-8,10-15,34-39,46-48,52-55,67-68,82,93-94,117,119H,9,16-33,40-45H2,1-5H3,(H,97,111)(H,98,112)(H,99,109,113)(H,100,110,114). The van der Waals surface area contributed by atoms with Crippen LogP contribution in [0.15, 0.2) is 103 Å². The summed E-state index contributed by atoms with van der Waals surface area (Å²) in [6.07, 6.45) is 12.2. The van der Waals surface area contributed by atoms with Crippen LogP contribution in [0, 0.1) is 16.7 Å². The van der Waals surface area contributed by atoms with E-state index < -0.39 is 100 Å². The molecule has 120 heavy (non-hydrogen) atoms. The largest absolute Gasteiger partial charge is 0.494 e. The lowest BCUT2D eigenvalue weighted by Crippen LogP contribution is -2.54. The molecule has 4 aliphatic carbocycles. The molecular formula is C88H98F4N16O12. The van der Waals surface area contributed by atoms with Gasteiger partial charge in [0, 0.05) is 113 Å². The zero-order chi connectivity index (χ0) is 84.2. The Labute approximate surface area is 689 Å². The van der Waals surface area contributed by atoms with Gasteiger partial charge in [-0.15, -0.1) is 0 Å². The molecule has 17 rings (SSSR count). The second-order valence-corrected chi connectivity index (χ2v) is 35.6. The minimum atomic E-state index is -4.85. The van der Waals surface area contributed by atoms with Crippen molar-refractivity contribution in [1.82, 2.24) is 59.8 Å². The maximum Gasteiger partial charge on any atom is 0.433 e. The van der Waals surface area contributed by atoms with Gasteiger partial charge < -0.3 is 46.0 Å². The molecule has 2 spiro atoms. The molecule has 7 fully saturated rings. The van der Waals surface area contributed by atoms with E-state index >= 15 is 4.39 Å². The van der Waals surface area contributed by atoms with Gasteiger partial charge in [-0.25, -0.2) is 14.4 Å². The summed E-state index contributed by atoms with van der Waals surface area (Å²) in [6.45, 7) is 8.29. The predicted molar refractivity (Wildman–Crippen MR) is 434 cm³/mol. The molecule has 4 saturated carbocycles. The number of aromatic nitrogens is 6. The van der Waals surface area contributed by atoms with Gasteiger partial charge >= 0.3 is 6.18 Å². The molecule has 4 aromatic carbocycles. The molecule has 4 aromatic heterocycles. The summed E-state index contributed by atoms with van der Waals surface area (Å²) in [6, 6.07) is 21.8. The molecule has 28 nitrogen and oxygen atoms in total. The third-order valence-corrected chi connectivity index (χ3v) is 26.9. The van der Waals surface area contributed by atoms with Crippen molar-refractivity contribution in [2.75, 3.05) is 61.6 Å². The summed E-state index contributed by atoms with van der Waals surface area (Å²) in [5.74, 6) is -4.43. The number of amides is 9. The van der Waals surface area contributed by atoms with Gasteiger partial charge in [0.2, 0.25) is 23.6 Å². The van der Waals surface area contributed by atoms with Gasteiger partial charge in [0.15, 0.2) is 6.23 Å². The van der Waals surface area contributed by atoms with Crippen LogP contribution >= 0.6 is 0 Å². The predicted octanol–water partition coefficient (Wildman–Crippen LogP) is 11.6. The molecule has 0 radical (unpaired) electrons. The number of anilines is 4. The minimum absolute atomic E-state index is 0.0393. The highest BCUT2D eigenvalue weighted by molar-refractivity contribution is 6.25. The fraction of sp³-hybridized carbons (Fsp3) is 0.489. The van der Waals surface area contributed by atoms with Crippen LogP contribution in [0.3, 0.4) is 0 Å². The lowest BCUT2D eigenvalue weighted by molar-refractivity contribution is -0.141. The van der Waals surface area contributed by atoms with Crippen molar-refractivity contribution >= 4 is 97.7 Å². The molecule has 32 heteroatoms. The number of pyridine rings is 2. The van der Waals surface area contributed by atoms with Crippen LogP contribution in [0.25, 0.3) is 21.8 Å². The van der Waals surface area contributed by atoms with Gasteiger partial charge in [-0.05, 0) is 246 Å². The number of aryl methyl sites for hydroxylation is 1. The van der Waals surface area contributed by atoms with Crippen molar-refractivity contribution in [3.63, 3.8) is 0 Å². The number of nitrogens with zero attached hydrogens (tertiary/aromatic N) is 10. The highest BCUT2D eigenvalue weighted by Crippen LogP contribution is 2.55. The first-order chi connectivity index (χ1) is 57.2. The van der Waals surface area contributed by atoms with E-state index in [1.165, 1.54) is 44.9 Å². The Bertz CT molecular complexity index is 5470. The van der Waals surface area contributed by atoms with E-state index in [-0.39, 0.29) is 100 Å². The van der Waals surface area contributed by atoms with E-state index in [9.17, 15) is 66.5 Å². The van der Waals surface area contributed by atoms with Gasteiger partial charge in [0.1, 0.15) is 40.6 Å². The summed E-state index contributed by atoms with van der Waals surface area (Å²) in [5, 5.41) is 52.9. The SMILES string of the molecule is COc1cc2nn(C3CCC(CN4CCC5(CC4)CC(Nc4cccc6c4C(=O)N(C4CCC(=O)NC4=O)C6=O)C5)CC3)cc2cc1NC(=O)c1cc(CC(C)(O)c2cc3nn(CCCN(C)C4CCC5(CC4)CC(Nc4cccc6c4C(O)N(C4CCC(=O)NC4=O)C6=O)C5)cc3cc2NC(=O)c2cccc(C(F)(F)F)n2)cc(C(C)(C)F)n1. The third kappa shape index (κ3) is 16.0. The molecule has 0 bridgehead atoms. The average Bonchev–Trinajstić information content (AvgIpc) is 1.56. The number of rotatable bonds is 23. The number of benzene rings is 4. The van der Waals surface area contributed by atoms with Crippen molar-refractivity contribution in [3.8, 4) is 5.75 Å². The van der Waals surface area contributed by atoms with Crippen molar-refractivity contribution in [3.05, 3.63) is 160 Å². The number of ether oxygens (including phenoxy) is 1. The molecule has 630 valence electrons. The van der Waals surface area contributed by atoms with Gasteiger partial charge in [-0.2, -0.15) is 23.4 Å². The number of halogens is 4. The summed E-state index contributed by atoms with van der Waals surface area (Å²) < 4.78 is 67.8. The topological polar surface area (TPSA) is 350 Å². The van der Waals surface area contributed by atoms with Crippen LogP contribution in [0.1, 0.15) is 235 Å². The molecular weight excluding hydrogens is 1550 g/mol. The Hall–Kier alpha value is -11.1. The van der Waals surface area contributed by atoms with Crippen molar-refractivity contribution in [2.24, 2.45) is 16.7 Å². The number of methoxy groups -OCH3 is 1. The van der Waals surface area contributed by atoms with E-state index in [1.54, 1.807) is 59.4 Å². The minimum Gasteiger partial charge on any atom is -0.494 e.